The Morgan fingerprint density at radius 2 is 0.707 bits per heavy atom. The van der Waals surface area contributed by atoms with Crippen LogP contribution in [0.25, 0.3) is 66.6 Å². The molecule has 0 atom stereocenters. The molecule has 466 valence electrons. The highest BCUT2D eigenvalue weighted by Crippen LogP contribution is 2.46. The molecule has 4 nitrogen and oxygen atoms in total. The summed E-state index contributed by atoms with van der Waals surface area (Å²) in [5.74, 6) is 23.8. The van der Waals surface area contributed by atoms with Crippen LogP contribution < -0.4 is 0 Å². The van der Waals surface area contributed by atoms with Gasteiger partial charge < -0.3 is 9.97 Å². The molecule has 3 aromatic heterocycles. The number of fused-ring (bicyclic) bond motifs is 8. The Morgan fingerprint density at radius 3 is 1.00 bits per heavy atom. The van der Waals surface area contributed by atoms with Crippen molar-refractivity contribution >= 4 is 52.4 Å². The van der Waals surface area contributed by atoms with E-state index in [4.69, 9.17) is 9.97 Å². The van der Waals surface area contributed by atoms with Crippen molar-refractivity contribution in [2.24, 2.45) is 0 Å². The molecule has 5 heterocycles. The molecule has 0 amide bonds. The lowest BCUT2D eigenvalue weighted by Crippen LogP contribution is -2.43. The largest absolute Gasteiger partial charge is 0.354 e. The molecule has 2 N–H and O–H groups in total. The predicted molar refractivity (Wildman–Crippen MR) is 398 cm³/mol. The zero-order chi connectivity index (χ0) is 66.1. The van der Waals surface area contributed by atoms with Crippen molar-refractivity contribution in [2.45, 2.75) is 192 Å². The van der Waals surface area contributed by atoms with Crippen molar-refractivity contribution in [2.75, 3.05) is 0 Å². The van der Waals surface area contributed by atoms with Crippen molar-refractivity contribution in [3.05, 3.63) is 222 Å². The van der Waals surface area contributed by atoms with Gasteiger partial charge in [0.1, 0.15) is 8.07 Å². The van der Waals surface area contributed by atoms with Gasteiger partial charge in [0, 0.05) is 61.1 Å². The van der Waals surface area contributed by atoms with Crippen molar-refractivity contribution in [3.8, 4) is 69.2 Å². The van der Waals surface area contributed by atoms with E-state index >= 15 is 0 Å². The monoisotopic (exact) mass is 1220 g/mol. The van der Waals surface area contributed by atoms with Gasteiger partial charge >= 0.3 is 0 Å². The van der Waals surface area contributed by atoms with Gasteiger partial charge in [0.15, 0.2) is 0 Å². The molecule has 5 heteroatoms. The minimum Gasteiger partial charge on any atom is -0.354 e. The van der Waals surface area contributed by atoms with Crippen LogP contribution >= 0.6 is 0 Å². The summed E-state index contributed by atoms with van der Waals surface area (Å²) in [4.78, 5) is 19.6. The highest BCUT2D eigenvalue weighted by atomic mass is 28.3. The number of aromatic amines is 2. The lowest BCUT2D eigenvalue weighted by molar-refractivity contribution is 0.569. The molecule has 0 saturated heterocycles. The Balaban J connectivity index is 0.978. The van der Waals surface area contributed by atoms with Gasteiger partial charge in [0.05, 0.1) is 33.8 Å². The number of nitrogens with one attached hydrogen (secondary N) is 2. The van der Waals surface area contributed by atoms with E-state index in [1.807, 2.05) is 48.5 Å². The van der Waals surface area contributed by atoms with E-state index in [1.54, 1.807) is 0 Å². The first-order valence-electron chi connectivity index (χ1n) is 33.6. The molecular weight excluding hydrogens is 1130 g/mol. The third-order valence-corrected chi connectivity index (χ3v) is 25.9. The molecule has 8 aromatic rings. The zero-order valence-corrected chi connectivity index (χ0v) is 59.6. The summed E-state index contributed by atoms with van der Waals surface area (Å²) in [6, 6.07) is 45.4. The number of H-pyrrole nitrogens is 2. The number of aryl methyl sites for hydroxylation is 4. The average molecular weight is 1220 g/mol. The number of allylic oxidation sites excluding steroid dienone is 4. The molecule has 0 saturated carbocycles. The molecule has 5 aromatic carbocycles. The maximum atomic E-state index is 5.70. The van der Waals surface area contributed by atoms with Gasteiger partial charge in [0.2, 0.25) is 0 Å². The maximum absolute atomic E-state index is 5.70. The van der Waals surface area contributed by atoms with Gasteiger partial charge in [-0.25, -0.2) is 9.97 Å². The second-order valence-electron chi connectivity index (χ2n) is 28.4. The van der Waals surface area contributed by atoms with Gasteiger partial charge in [-0.05, 0) is 245 Å². The fourth-order valence-electron chi connectivity index (χ4n) is 14.2. The van der Waals surface area contributed by atoms with E-state index in [1.165, 1.54) is 66.8 Å². The number of nitrogens with zero attached hydrogens (tertiary/aromatic N) is 2. The molecule has 0 unspecified atom stereocenters. The third-order valence-electron chi connectivity index (χ3n) is 19.6. The van der Waals surface area contributed by atoms with Crippen LogP contribution in [-0.2, 0) is 23.7 Å². The number of rotatable bonds is 9. The minimum absolute atomic E-state index is 0.0559. The number of hydrogen-bond acceptors (Lipinski definition) is 2. The van der Waals surface area contributed by atoms with Crippen LogP contribution in [0.3, 0.4) is 0 Å². The minimum atomic E-state index is -1.79. The van der Waals surface area contributed by atoms with Crippen molar-refractivity contribution < 1.29 is 0 Å². The first kappa shape index (κ1) is 66.1. The Labute approximate surface area is 552 Å². The van der Waals surface area contributed by atoms with E-state index in [0.29, 0.717) is 16.6 Å². The molecule has 8 bridgehead atoms. The van der Waals surface area contributed by atoms with Crippen molar-refractivity contribution in [1.29, 1.82) is 0 Å². The number of benzene rings is 5. The van der Waals surface area contributed by atoms with E-state index in [2.05, 4.69) is 274 Å². The van der Waals surface area contributed by atoms with Crippen LogP contribution in [0.2, 0.25) is 16.6 Å². The molecule has 2 aliphatic rings. The van der Waals surface area contributed by atoms with Crippen LogP contribution in [0, 0.1) is 60.8 Å². The summed E-state index contributed by atoms with van der Waals surface area (Å²) >= 11 is 0. The van der Waals surface area contributed by atoms with Gasteiger partial charge in [-0.1, -0.05) is 183 Å². The maximum Gasteiger partial charge on any atom is 0.146 e. The fraction of sp³-hybridized carbons (Fsp3) is 0.333. The zero-order valence-electron chi connectivity index (χ0n) is 58.6. The predicted octanol–water partition coefficient (Wildman–Crippen LogP) is 22.4. The lowest BCUT2D eigenvalue weighted by atomic mass is 9.78. The van der Waals surface area contributed by atoms with E-state index < -0.39 is 8.07 Å². The smallest absolute Gasteiger partial charge is 0.146 e. The van der Waals surface area contributed by atoms with Crippen molar-refractivity contribution in [1.82, 2.24) is 19.9 Å². The third kappa shape index (κ3) is 13.3. The fourth-order valence-corrected chi connectivity index (χ4v) is 19.4. The second kappa shape index (κ2) is 26.8. The molecule has 10 rings (SSSR count). The van der Waals surface area contributed by atoms with E-state index in [0.717, 1.165) is 121 Å². The molecule has 0 spiro atoms. The van der Waals surface area contributed by atoms with Gasteiger partial charge in [0.25, 0.3) is 0 Å². The van der Waals surface area contributed by atoms with E-state index in [-0.39, 0.29) is 10.8 Å². The molecule has 2 aliphatic heterocycles. The molecule has 0 aliphatic carbocycles. The molecule has 92 heavy (non-hydrogen) atoms. The van der Waals surface area contributed by atoms with Gasteiger partial charge in [-0.15, -0.1) is 5.54 Å². The van der Waals surface area contributed by atoms with E-state index in [9.17, 15) is 0 Å². The van der Waals surface area contributed by atoms with Crippen LogP contribution in [0.15, 0.2) is 127 Å². The van der Waals surface area contributed by atoms with Crippen molar-refractivity contribution in [3.63, 3.8) is 0 Å². The van der Waals surface area contributed by atoms with Crippen LogP contribution in [0.5, 0.6) is 0 Å². The van der Waals surface area contributed by atoms with Gasteiger partial charge in [-0.3, -0.25) is 0 Å². The summed E-state index contributed by atoms with van der Waals surface area (Å²) < 4.78 is 0. The highest BCUT2D eigenvalue weighted by Gasteiger charge is 2.42. The molecule has 0 fully saturated rings. The SMILES string of the molecule is CCC1=C(C)c2nc1cc1[nH]c(c(C)c1CC)c(-c1cc(C(C)(C)C)cc(C(C)(C)C)c1)c1[nH]c(cc3nc(c2-c2ccc(C#Cc4ccc(C#Cc5ccc(C#Cc6ccc(C#C[Si](C(C)C)(C(C)C)C(C)C)cc6)cc5)cc4)cc2)C(C)=C3CC)c(CC)c1C. The molecule has 0 radical (unpaired) electrons. The van der Waals surface area contributed by atoms with Crippen LogP contribution in [0.4, 0.5) is 0 Å². The summed E-state index contributed by atoms with van der Waals surface area (Å²) in [7, 11) is -1.79. The summed E-state index contributed by atoms with van der Waals surface area (Å²) in [5, 5.41) is 0. The lowest BCUT2D eigenvalue weighted by Gasteiger charge is -2.38. The summed E-state index contributed by atoms with van der Waals surface area (Å²) in [6.07, 6.45) is 3.43. The summed E-state index contributed by atoms with van der Waals surface area (Å²) in [6.45, 7) is 46.3. The first-order valence-corrected chi connectivity index (χ1v) is 35.9. The Hall–Kier alpha value is -8.84. The topological polar surface area (TPSA) is 57.4 Å². The van der Waals surface area contributed by atoms with Gasteiger partial charge in [-0.2, -0.15) is 0 Å². The Bertz CT molecular complexity index is 4500. The average Bonchev–Trinajstić information content (AvgIpc) is 1.57. The Kier molecular flexibility index (Phi) is 19.2. The standard InChI is InChI=1S/C87H94N4Si/c1-21-72-57(11)82-80(68-45-43-66(44-46-68)38-37-64-33-31-62(32-34-64)26-25-61-27-29-63(30-28-61)35-36-65-39-41-67(42-40-65)47-48-92(54(5)6,55(7)8)56(9)10)83-58(12)73(22-2)77(89-83)53-79-75(24-4)60(14)85(91-79)81(84-59(13)74(23-3)78(90-84)52-76(72)88-82)69-49-70(86(15,16)17)51-71(50-69)87(18,19)20/h27-34,39-46,49-56,90-91H,21-24H2,1-20H3. The normalized spacial score (nSPS) is 12.6. The first-order chi connectivity index (χ1) is 43.8. The summed E-state index contributed by atoms with van der Waals surface area (Å²) in [5.41, 5.74) is 37.8. The van der Waals surface area contributed by atoms with Crippen LogP contribution in [0.1, 0.15) is 233 Å². The number of aromatic nitrogens is 4. The molecular formula is C87H94N4Si. The quantitative estimate of drug-likeness (QED) is 0.112. The van der Waals surface area contributed by atoms with Crippen LogP contribution in [-0.4, -0.2) is 28.0 Å². The Morgan fingerprint density at radius 1 is 0.391 bits per heavy atom. The second-order valence-corrected chi connectivity index (χ2v) is 34.0. The number of hydrogen-bond donors (Lipinski definition) is 2. The highest BCUT2D eigenvalue weighted by molar-refractivity contribution is 6.90.